The molecular formula is C21H26N2O2. The first-order chi connectivity index (χ1) is 11.9. The van der Waals surface area contributed by atoms with E-state index in [1.54, 1.807) is 24.3 Å². The van der Waals surface area contributed by atoms with E-state index in [-0.39, 0.29) is 11.8 Å². The van der Waals surface area contributed by atoms with E-state index in [0.717, 1.165) is 29.7 Å². The van der Waals surface area contributed by atoms with Crippen LogP contribution in [0.3, 0.4) is 0 Å². The summed E-state index contributed by atoms with van der Waals surface area (Å²) in [5.41, 5.74) is 5.02. The molecule has 0 saturated carbocycles. The summed E-state index contributed by atoms with van der Waals surface area (Å²) >= 11 is 0. The first-order valence-corrected chi connectivity index (χ1v) is 8.69. The second-order valence-electron chi connectivity index (χ2n) is 6.42. The van der Waals surface area contributed by atoms with E-state index >= 15 is 0 Å². The van der Waals surface area contributed by atoms with Gasteiger partial charge in [0, 0.05) is 23.4 Å². The van der Waals surface area contributed by atoms with E-state index in [2.05, 4.69) is 17.6 Å². The molecule has 2 aromatic carbocycles. The number of anilines is 1. The van der Waals surface area contributed by atoms with Gasteiger partial charge in [0.15, 0.2) is 0 Å². The van der Waals surface area contributed by atoms with Gasteiger partial charge >= 0.3 is 0 Å². The van der Waals surface area contributed by atoms with Crippen LogP contribution < -0.4 is 10.6 Å². The number of aryl methyl sites for hydroxylation is 3. The Morgan fingerprint density at radius 2 is 1.52 bits per heavy atom. The van der Waals surface area contributed by atoms with Gasteiger partial charge < -0.3 is 10.6 Å². The van der Waals surface area contributed by atoms with Crippen molar-refractivity contribution in [3.63, 3.8) is 0 Å². The maximum absolute atomic E-state index is 12.6. The van der Waals surface area contributed by atoms with E-state index in [9.17, 15) is 9.59 Å². The molecule has 4 nitrogen and oxygen atoms in total. The molecule has 0 bridgehead atoms. The van der Waals surface area contributed by atoms with Gasteiger partial charge in [-0.3, -0.25) is 9.59 Å². The van der Waals surface area contributed by atoms with E-state index < -0.39 is 0 Å². The minimum absolute atomic E-state index is 0.147. The summed E-state index contributed by atoms with van der Waals surface area (Å²) in [6.07, 6.45) is 1.97. The van der Waals surface area contributed by atoms with Gasteiger partial charge in [0.25, 0.3) is 11.8 Å². The summed E-state index contributed by atoms with van der Waals surface area (Å²) in [5, 5.41) is 5.84. The van der Waals surface area contributed by atoms with Gasteiger partial charge in [-0.15, -0.1) is 0 Å². The fourth-order valence-electron chi connectivity index (χ4n) is 2.85. The lowest BCUT2D eigenvalue weighted by atomic mass is 10.0. The molecule has 2 aromatic rings. The summed E-state index contributed by atoms with van der Waals surface area (Å²) in [5.74, 6) is -0.357. The highest BCUT2D eigenvalue weighted by atomic mass is 16.2. The number of carbonyl (C=O) groups is 2. The largest absolute Gasteiger partial charge is 0.352 e. The van der Waals surface area contributed by atoms with Crippen LogP contribution in [-0.4, -0.2) is 18.4 Å². The quantitative estimate of drug-likeness (QED) is 0.767. The highest BCUT2D eigenvalue weighted by Crippen LogP contribution is 2.22. The predicted molar refractivity (Wildman–Crippen MR) is 102 cm³/mol. The van der Waals surface area contributed by atoms with Crippen LogP contribution in [0, 0.1) is 20.8 Å². The minimum atomic E-state index is -0.210. The maximum atomic E-state index is 12.6. The molecule has 0 aliphatic rings. The fraction of sp³-hybridized carbons (Fsp3) is 0.333. The Morgan fingerprint density at radius 3 is 2.12 bits per heavy atom. The zero-order valence-electron chi connectivity index (χ0n) is 15.4. The summed E-state index contributed by atoms with van der Waals surface area (Å²) < 4.78 is 0. The molecule has 4 heteroatoms. The smallest absolute Gasteiger partial charge is 0.255 e. The van der Waals surface area contributed by atoms with Gasteiger partial charge in [-0.2, -0.15) is 0 Å². The molecule has 0 atom stereocenters. The number of hydrogen-bond donors (Lipinski definition) is 2. The number of amides is 2. The topological polar surface area (TPSA) is 58.2 Å². The Labute approximate surface area is 149 Å². The van der Waals surface area contributed by atoms with Crippen molar-refractivity contribution < 1.29 is 9.59 Å². The number of hydrogen-bond acceptors (Lipinski definition) is 2. The molecule has 0 heterocycles. The van der Waals surface area contributed by atoms with Gasteiger partial charge in [0.1, 0.15) is 0 Å². The molecule has 25 heavy (non-hydrogen) atoms. The Balaban J connectivity index is 2.15. The van der Waals surface area contributed by atoms with E-state index in [1.807, 2.05) is 32.9 Å². The molecular weight excluding hydrogens is 312 g/mol. The van der Waals surface area contributed by atoms with Gasteiger partial charge in [-0.25, -0.2) is 0 Å². The Hall–Kier alpha value is -2.62. The average molecular weight is 338 g/mol. The predicted octanol–water partition coefficient (Wildman–Crippen LogP) is 4.39. The Kier molecular flexibility index (Phi) is 6.34. The molecule has 0 aliphatic carbocycles. The first kappa shape index (κ1) is 18.7. The normalized spacial score (nSPS) is 10.4. The monoisotopic (exact) mass is 338 g/mol. The van der Waals surface area contributed by atoms with Crippen LogP contribution in [-0.2, 0) is 0 Å². The summed E-state index contributed by atoms with van der Waals surface area (Å²) in [4.78, 5) is 24.8. The van der Waals surface area contributed by atoms with Crippen LogP contribution in [0.5, 0.6) is 0 Å². The molecule has 2 amide bonds. The highest BCUT2D eigenvalue weighted by molar-refractivity contribution is 6.06. The minimum Gasteiger partial charge on any atom is -0.352 e. The zero-order valence-corrected chi connectivity index (χ0v) is 15.4. The van der Waals surface area contributed by atoms with E-state index in [4.69, 9.17) is 0 Å². The SMILES string of the molecule is CCCCNC(=O)c1cccc(C(=O)Nc2c(C)cc(C)cc2C)c1. The molecule has 2 rings (SSSR count). The molecule has 0 fully saturated rings. The molecule has 2 N–H and O–H groups in total. The summed E-state index contributed by atoms with van der Waals surface area (Å²) in [6, 6.07) is 10.9. The summed E-state index contributed by atoms with van der Waals surface area (Å²) in [7, 11) is 0. The number of benzene rings is 2. The van der Waals surface area contributed by atoms with Crippen LogP contribution in [0.1, 0.15) is 57.2 Å². The number of unbranched alkanes of at least 4 members (excludes halogenated alkanes) is 1. The van der Waals surface area contributed by atoms with Crippen molar-refractivity contribution in [1.29, 1.82) is 0 Å². The molecule has 132 valence electrons. The number of nitrogens with one attached hydrogen (secondary N) is 2. The van der Waals surface area contributed by atoms with Gasteiger partial charge in [-0.05, 0) is 56.5 Å². The molecule has 0 saturated heterocycles. The van der Waals surface area contributed by atoms with Crippen molar-refractivity contribution in [1.82, 2.24) is 5.32 Å². The lowest BCUT2D eigenvalue weighted by molar-refractivity contribution is 0.0953. The van der Waals surface area contributed by atoms with Crippen molar-refractivity contribution >= 4 is 17.5 Å². The van der Waals surface area contributed by atoms with E-state index in [0.29, 0.717) is 17.7 Å². The molecule has 0 spiro atoms. The molecule has 0 aromatic heterocycles. The third-order valence-electron chi connectivity index (χ3n) is 4.12. The van der Waals surface area contributed by atoms with Crippen LogP contribution in [0.15, 0.2) is 36.4 Å². The first-order valence-electron chi connectivity index (χ1n) is 8.69. The number of rotatable bonds is 6. The van der Waals surface area contributed by atoms with Crippen molar-refractivity contribution in [2.45, 2.75) is 40.5 Å². The second-order valence-corrected chi connectivity index (χ2v) is 6.42. The van der Waals surface area contributed by atoms with Crippen LogP contribution >= 0.6 is 0 Å². The third kappa shape index (κ3) is 4.92. The van der Waals surface area contributed by atoms with Crippen LogP contribution in [0.2, 0.25) is 0 Å². The van der Waals surface area contributed by atoms with E-state index in [1.165, 1.54) is 5.56 Å². The van der Waals surface area contributed by atoms with Gasteiger partial charge in [0.2, 0.25) is 0 Å². The Bertz CT molecular complexity index is 758. The summed E-state index contributed by atoms with van der Waals surface area (Å²) in [6.45, 7) is 8.71. The highest BCUT2D eigenvalue weighted by Gasteiger charge is 2.13. The molecule has 0 radical (unpaired) electrons. The standard InChI is InChI=1S/C21H26N2O2/c1-5-6-10-22-20(24)17-8-7-9-18(13-17)21(25)23-19-15(3)11-14(2)12-16(19)4/h7-9,11-13H,5-6,10H2,1-4H3,(H,22,24)(H,23,25). The van der Waals surface area contributed by atoms with Crippen molar-refractivity contribution in [3.8, 4) is 0 Å². The van der Waals surface area contributed by atoms with Crippen LogP contribution in [0.25, 0.3) is 0 Å². The lowest BCUT2D eigenvalue weighted by Gasteiger charge is -2.13. The van der Waals surface area contributed by atoms with Crippen molar-refractivity contribution in [3.05, 3.63) is 64.2 Å². The lowest BCUT2D eigenvalue weighted by Crippen LogP contribution is -2.24. The zero-order chi connectivity index (χ0) is 18.4. The van der Waals surface area contributed by atoms with Crippen LogP contribution in [0.4, 0.5) is 5.69 Å². The van der Waals surface area contributed by atoms with Crippen molar-refractivity contribution in [2.24, 2.45) is 0 Å². The van der Waals surface area contributed by atoms with Gasteiger partial charge in [0.05, 0.1) is 0 Å². The Morgan fingerprint density at radius 1 is 0.920 bits per heavy atom. The second kappa shape index (κ2) is 8.47. The number of carbonyl (C=O) groups excluding carboxylic acids is 2. The maximum Gasteiger partial charge on any atom is 0.255 e. The third-order valence-corrected chi connectivity index (χ3v) is 4.12. The van der Waals surface area contributed by atoms with Crippen molar-refractivity contribution in [2.75, 3.05) is 11.9 Å². The average Bonchev–Trinajstić information content (AvgIpc) is 2.58. The van der Waals surface area contributed by atoms with Gasteiger partial charge in [-0.1, -0.05) is 37.1 Å². The fourth-order valence-corrected chi connectivity index (χ4v) is 2.85. The molecule has 0 unspecified atom stereocenters. The molecule has 0 aliphatic heterocycles.